The van der Waals surface area contributed by atoms with Crippen LogP contribution in [0, 0.1) is 6.92 Å². The second-order valence-corrected chi connectivity index (χ2v) is 6.84. The van der Waals surface area contributed by atoms with Crippen LogP contribution in [-0.4, -0.2) is 24.3 Å². The lowest BCUT2D eigenvalue weighted by Gasteiger charge is -2.15. The van der Waals surface area contributed by atoms with E-state index >= 15 is 0 Å². The average molecular weight is 338 g/mol. The Hall–Kier alpha value is -0.970. The number of benzene rings is 1. The van der Waals surface area contributed by atoms with Crippen molar-refractivity contribution in [2.24, 2.45) is 0 Å². The Morgan fingerprint density at radius 2 is 2.11 bits per heavy atom. The van der Waals surface area contributed by atoms with E-state index in [9.17, 15) is 4.79 Å². The summed E-state index contributed by atoms with van der Waals surface area (Å²) in [5, 5.41) is 0. The Morgan fingerprint density at radius 3 is 2.74 bits per heavy atom. The number of carbonyl (C=O) groups excluding carboxylic acids is 1. The standard InChI is InChI=1S/C15H16BrNOS/c1-11-6-7-15(19-11)14(18)10-17(2)9-12-4-3-5-13(16)8-12/h3-8H,9-10H2,1-2H3. The summed E-state index contributed by atoms with van der Waals surface area (Å²) in [6.07, 6.45) is 0. The third-order valence-electron chi connectivity index (χ3n) is 2.77. The maximum atomic E-state index is 12.1. The van der Waals surface area contributed by atoms with Crippen LogP contribution in [0.5, 0.6) is 0 Å². The SMILES string of the molecule is Cc1ccc(C(=O)CN(C)Cc2cccc(Br)c2)s1. The highest BCUT2D eigenvalue weighted by Crippen LogP contribution is 2.17. The second kappa shape index (κ2) is 6.46. The lowest BCUT2D eigenvalue weighted by molar-refractivity contribution is 0.0947. The molecule has 0 bridgehead atoms. The Bertz CT molecular complexity index is 579. The maximum Gasteiger partial charge on any atom is 0.186 e. The van der Waals surface area contributed by atoms with Crippen LogP contribution in [0.4, 0.5) is 0 Å². The highest BCUT2D eigenvalue weighted by molar-refractivity contribution is 9.10. The first-order valence-electron chi connectivity index (χ1n) is 6.07. The number of nitrogens with zero attached hydrogens (tertiary/aromatic N) is 1. The maximum absolute atomic E-state index is 12.1. The summed E-state index contributed by atoms with van der Waals surface area (Å²) in [7, 11) is 1.97. The van der Waals surface area contributed by atoms with Gasteiger partial charge in [-0.25, -0.2) is 0 Å². The molecule has 0 radical (unpaired) electrons. The van der Waals surface area contributed by atoms with E-state index in [0.717, 1.165) is 15.9 Å². The fraction of sp³-hybridized carbons (Fsp3) is 0.267. The molecule has 0 unspecified atom stereocenters. The van der Waals surface area contributed by atoms with E-state index in [1.54, 1.807) is 11.3 Å². The number of thiophene rings is 1. The van der Waals surface area contributed by atoms with E-state index in [2.05, 4.69) is 28.1 Å². The number of Topliss-reactive ketones (excluding diaryl/α,β-unsaturated/α-hetero) is 1. The van der Waals surface area contributed by atoms with E-state index in [0.29, 0.717) is 6.54 Å². The van der Waals surface area contributed by atoms with Gasteiger partial charge in [-0.2, -0.15) is 0 Å². The van der Waals surface area contributed by atoms with Crippen LogP contribution in [0.25, 0.3) is 0 Å². The number of hydrogen-bond acceptors (Lipinski definition) is 3. The van der Waals surface area contributed by atoms with Crippen LogP contribution in [0.15, 0.2) is 40.9 Å². The summed E-state index contributed by atoms with van der Waals surface area (Å²) in [5.41, 5.74) is 1.20. The van der Waals surface area contributed by atoms with Crippen LogP contribution >= 0.6 is 27.3 Å². The molecule has 1 aromatic carbocycles. The smallest absolute Gasteiger partial charge is 0.186 e. The molecule has 2 rings (SSSR count). The van der Waals surface area contributed by atoms with Crippen LogP contribution < -0.4 is 0 Å². The fourth-order valence-electron chi connectivity index (χ4n) is 1.91. The summed E-state index contributed by atoms with van der Waals surface area (Å²) in [4.78, 5) is 16.2. The predicted molar refractivity (Wildman–Crippen MR) is 83.9 cm³/mol. The zero-order valence-electron chi connectivity index (χ0n) is 11.0. The van der Waals surface area contributed by atoms with Gasteiger partial charge in [0.2, 0.25) is 0 Å². The van der Waals surface area contributed by atoms with Gasteiger partial charge < -0.3 is 0 Å². The quantitative estimate of drug-likeness (QED) is 0.764. The van der Waals surface area contributed by atoms with Crippen molar-refractivity contribution in [2.45, 2.75) is 13.5 Å². The molecule has 1 aromatic heterocycles. The van der Waals surface area contributed by atoms with Crippen molar-refractivity contribution in [2.75, 3.05) is 13.6 Å². The van der Waals surface area contributed by atoms with Gasteiger partial charge in [-0.1, -0.05) is 28.1 Å². The van der Waals surface area contributed by atoms with E-state index in [-0.39, 0.29) is 5.78 Å². The number of halogens is 1. The van der Waals surface area contributed by atoms with Crippen molar-refractivity contribution in [3.8, 4) is 0 Å². The van der Waals surface area contributed by atoms with Gasteiger partial charge in [0, 0.05) is 15.9 Å². The highest BCUT2D eigenvalue weighted by atomic mass is 79.9. The summed E-state index contributed by atoms with van der Waals surface area (Å²) >= 11 is 5.02. The van der Waals surface area contributed by atoms with Crippen LogP contribution in [0.1, 0.15) is 20.1 Å². The molecule has 0 atom stereocenters. The van der Waals surface area contributed by atoms with E-state index in [4.69, 9.17) is 0 Å². The van der Waals surface area contributed by atoms with Crippen molar-refractivity contribution in [3.63, 3.8) is 0 Å². The molecule has 2 nitrogen and oxygen atoms in total. The van der Waals surface area contributed by atoms with Gasteiger partial charge >= 0.3 is 0 Å². The molecule has 0 saturated carbocycles. The van der Waals surface area contributed by atoms with E-state index in [1.165, 1.54) is 10.4 Å². The van der Waals surface area contributed by atoms with Crippen molar-refractivity contribution >= 4 is 33.0 Å². The van der Waals surface area contributed by atoms with Gasteiger partial charge in [-0.15, -0.1) is 11.3 Å². The van der Waals surface area contributed by atoms with Crippen molar-refractivity contribution < 1.29 is 4.79 Å². The summed E-state index contributed by atoms with van der Waals surface area (Å²) in [5.74, 6) is 0.190. The molecule has 19 heavy (non-hydrogen) atoms. The Kier molecular flexibility index (Phi) is 4.91. The molecule has 100 valence electrons. The molecule has 0 spiro atoms. The lowest BCUT2D eigenvalue weighted by Crippen LogP contribution is -2.25. The number of likely N-dealkylation sites (N-methyl/N-ethyl adjacent to an activating group) is 1. The van der Waals surface area contributed by atoms with Crippen LogP contribution in [-0.2, 0) is 6.54 Å². The number of hydrogen-bond donors (Lipinski definition) is 0. The Labute approximate surface area is 126 Å². The van der Waals surface area contributed by atoms with Crippen molar-refractivity contribution in [1.82, 2.24) is 4.90 Å². The average Bonchev–Trinajstić information content (AvgIpc) is 2.75. The molecule has 0 amide bonds. The third-order valence-corrected chi connectivity index (χ3v) is 4.31. The topological polar surface area (TPSA) is 20.3 Å². The molecule has 1 heterocycles. The Morgan fingerprint density at radius 1 is 1.32 bits per heavy atom. The van der Waals surface area contributed by atoms with Gasteiger partial charge in [0.15, 0.2) is 5.78 Å². The second-order valence-electron chi connectivity index (χ2n) is 4.64. The molecule has 0 aliphatic heterocycles. The molecule has 0 aliphatic rings. The molecular formula is C15H16BrNOS. The van der Waals surface area contributed by atoms with E-state index in [1.807, 2.05) is 43.1 Å². The van der Waals surface area contributed by atoms with Gasteiger partial charge in [-0.3, -0.25) is 9.69 Å². The predicted octanol–water partition coefficient (Wildman–Crippen LogP) is 4.13. The molecule has 0 N–H and O–H groups in total. The molecule has 2 aromatic rings. The lowest BCUT2D eigenvalue weighted by atomic mass is 10.2. The van der Waals surface area contributed by atoms with Crippen molar-refractivity contribution in [3.05, 3.63) is 56.2 Å². The van der Waals surface area contributed by atoms with E-state index < -0.39 is 0 Å². The number of carbonyl (C=O) groups is 1. The minimum absolute atomic E-state index is 0.190. The minimum atomic E-state index is 0.190. The molecule has 0 fully saturated rings. The zero-order valence-corrected chi connectivity index (χ0v) is 13.4. The number of aryl methyl sites for hydroxylation is 1. The zero-order chi connectivity index (χ0) is 13.8. The van der Waals surface area contributed by atoms with Gasteiger partial charge in [-0.05, 0) is 43.8 Å². The highest BCUT2D eigenvalue weighted by Gasteiger charge is 2.11. The van der Waals surface area contributed by atoms with Gasteiger partial charge in [0.1, 0.15) is 0 Å². The van der Waals surface area contributed by atoms with Gasteiger partial charge in [0.05, 0.1) is 11.4 Å². The first kappa shape index (κ1) is 14.4. The minimum Gasteiger partial charge on any atom is -0.295 e. The fourth-order valence-corrected chi connectivity index (χ4v) is 3.15. The number of rotatable bonds is 5. The van der Waals surface area contributed by atoms with Gasteiger partial charge in [0.25, 0.3) is 0 Å². The van der Waals surface area contributed by atoms with Crippen LogP contribution in [0.2, 0.25) is 0 Å². The summed E-state index contributed by atoms with van der Waals surface area (Å²) < 4.78 is 1.07. The normalized spacial score (nSPS) is 10.9. The third kappa shape index (κ3) is 4.27. The monoisotopic (exact) mass is 337 g/mol. The largest absolute Gasteiger partial charge is 0.295 e. The van der Waals surface area contributed by atoms with Crippen molar-refractivity contribution in [1.29, 1.82) is 0 Å². The summed E-state index contributed by atoms with van der Waals surface area (Å²) in [6.45, 7) is 3.24. The first-order chi connectivity index (χ1) is 9.04. The van der Waals surface area contributed by atoms with Crippen LogP contribution in [0.3, 0.4) is 0 Å². The number of ketones is 1. The molecule has 4 heteroatoms. The molecule has 0 aliphatic carbocycles. The Balaban J connectivity index is 1.94. The summed E-state index contributed by atoms with van der Waals surface area (Å²) in [6, 6.07) is 12.1. The molecule has 0 saturated heterocycles. The molecular weight excluding hydrogens is 322 g/mol. The first-order valence-corrected chi connectivity index (χ1v) is 7.68.